The first-order valence-electron chi connectivity index (χ1n) is 6.95. The van der Waals surface area contributed by atoms with E-state index in [2.05, 4.69) is 37.9 Å². The van der Waals surface area contributed by atoms with Crippen molar-refractivity contribution in [2.24, 2.45) is 0 Å². The average molecular weight is 555 g/mol. The van der Waals surface area contributed by atoms with Crippen molar-refractivity contribution in [1.82, 2.24) is 4.57 Å². The molecule has 0 N–H and O–H groups in total. The summed E-state index contributed by atoms with van der Waals surface area (Å²) in [6.07, 6.45) is -2.65. The molecule has 0 unspecified atom stereocenters. The van der Waals surface area contributed by atoms with Gasteiger partial charge in [0.2, 0.25) is 5.56 Å². The molecule has 2 rings (SSSR count). The minimum absolute atomic E-state index is 0. The van der Waals surface area contributed by atoms with Crippen LogP contribution in [-0.2, 0) is 44.0 Å². The van der Waals surface area contributed by atoms with Crippen molar-refractivity contribution < 1.29 is 51.0 Å². The summed E-state index contributed by atoms with van der Waals surface area (Å²) in [5.41, 5.74) is 0.314. The molecular formula is C16H14Br2F2NO3Y-. The minimum Gasteiger partial charge on any atom is -0.491 e. The first-order valence-corrected chi connectivity index (χ1v) is 8.53. The molecule has 1 aromatic carbocycles. The third-order valence-electron chi connectivity index (χ3n) is 3.13. The van der Waals surface area contributed by atoms with Crippen LogP contribution in [0.1, 0.15) is 0 Å². The van der Waals surface area contributed by atoms with Gasteiger partial charge in [-0.15, -0.1) is 22.0 Å². The summed E-state index contributed by atoms with van der Waals surface area (Å²) in [4.78, 5) is 12.2. The predicted molar refractivity (Wildman–Crippen MR) is 93.7 cm³/mol. The molecule has 1 aromatic heterocycles. The number of aromatic nitrogens is 1. The van der Waals surface area contributed by atoms with Gasteiger partial charge in [-0.05, 0) is 21.1 Å². The van der Waals surface area contributed by atoms with Crippen molar-refractivity contribution in [2.45, 2.75) is 13.0 Å². The fourth-order valence-electron chi connectivity index (χ4n) is 2.06. The number of nitrogens with zero attached hydrogens (tertiary/aromatic N) is 1. The Morgan fingerprint density at radius 3 is 2.56 bits per heavy atom. The number of methoxy groups -OCH3 is 1. The van der Waals surface area contributed by atoms with Gasteiger partial charge in [0.15, 0.2) is 0 Å². The molecule has 0 bridgehead atoms. The van der Waals surface area contributed by atoms with Crippen molar-refractivity contribution in [3.63, 3.8) is 0 Å². The molecule has 0 aliphatic heterocycles. The summed E-state index contributed by atoms with van der Waals surface area (Å²) in [5, 5.41) is 0. The molecule has 9 heteroatoms. The number of hydrogen-bond acceptors (Lipinski definition) is 3. The van der Waals surface area contributed by atoms with E-state index in [0.717, 1.165) is 4.57 Å². The number of halogens is 4. The van der Waals surface area contributed by atoms with Crippen LogP contribution in [-0.4, -0.2) is 31.3 Å². The number of pyridine rings is 1. The second-order valence-corrected chi connectivity index (χ2v) is 6.48. The quantitative estimate of drug-likeness (QED) is 0.382. The first kappa shape index (κ1) is 22.9. The standard InChI is InChI=1S/C16H14Br2F2NO3.Y/c1-23-6-7-24-10-2-3-11(13(18)8-10)14-5-4-12(17)16(22)21(14)9-15(19)20;/h2-4,8,15H,6-7,9H2,1H3;/q-1;. The summed E-state index contributed by atoms with van der Waals surface area (Å²) in [5.74, 6) is 0.600. The van der Waals surface area contributed by atoms with E-state index in [-0.39, 0.29) is 42.9 Å². The van der Waals surface area contributed by atoms with Gasteiger partial charge in [0.05, 0.1) is 13.2 Å². The van der Waals surface area contributed by atoms with Crippen molar-refractivity contribution in [2.75, 3.05) is 20.3 Å². The predicted octanol–water partition coefficient (Wildman–Crippen LogP) is 4.13. The molecule has 1 radical (unpaired) electrons. The van der Waals surface area contributed by atoms with Crippen LogP contribution in [0.15, 0.2) is 38.0 Å². The molecule has 0 spiro atoms. The molecule has 4 nitrogen and oxygen atoms in total. The summed E-state index contributed by atoms with van der Waals surface area (Å²) in [6, 6.07) is 9.39. The second kappa shape index (κ2) is 10.9. The molecule has 25 heavy (non-hydrogen) atoms. The van der Waals surface area contributed by atoms with E-state index in [4.69, 9.17) is 9.47 Å². The van der Waals surface area contributed by atoms with Crippen LogP contribution >= 0.6 is 31.9 Å². The zero-order chi connectivity index (χ0) is 17.7. The Bertz CT molecular complexity index is 772. The third kappa shape index (κ3) is 6.20. The molecule has 0 aliphatic rings. The number of ether oxygens (including phenoxy) is 2. The van der Waals surface area contributed by atoms with Crippen LogP contribution in [0, 0.1) is 6.07 Å². The van der Waals surface area contributed by atoms with Crippen LogP contribution < -0.4 is 10.3 Å². The fraction of sp³-hybridized carbons (Fsp3) is 0.312. The van der Waals surface area contributed by atoms with E-state index in [1.165, 1.54) is 6.07 Å². The van der Waals surface area contributed by atoms with Crippen LogP contribution in [0.5, 0.6) is 5.75 Å². The van der Waals surface area contributed by atoms with Gasteiger partial charge in [-0.25, -0.2) is 8.78 Å². The molecule has 2 aromatic rings. The largest absolute Gasteiger partial charge is 0.491 e. The van der Waals surface area contributed by atoms with E-state index < -0.39 is 18.5 Å². The molecule has 0 atom stereocenters. The summed E-state index contributed by atoms with van der Waals surface area (Å²) < 4.78 is 37.9. The normalized spacial score (nSPS) is 10.6. The van der Waals surface area contributed by atoms with Crippen molar-refractivity contribution >= 4 is 31.9 Å². The second-order valence-electron chi connectivity index (χ2n) is 4.77. The van der Waals surface area contributed by atoms with Gasteiger partial charge < -0.3 is 14.0 Å². The molecule has 0 saturated carbocycles. The smallest absolute Gasteiger partial charge is 0.256 e. The summed E-state index contributed by atoms with van der Waals surface area (Å²) in [6.45, 7) is 0.138. The number of rotatable bonds is 7. The Balaban J connectivity index is 0.00000312. The number of alkyl halides is 2. The Morgan fingerprint density at radius 2 is 1.96 bits per heavy atom. The molecule has 0 saturated heterocycles. The molecular weight excluding hydrogens is 541 g/mol. The van der Waals surface area contributed by atoms with Crippen molar-refractivity contribution in [3.05, 3.63) is 49.6 Å². The minimum atomic E-state index is -2.65. The maximum Gasteiger partial charge on any atom is 0.256 e. The van der Waals surface area contributed by atoms with Crippen LogP contribution in [0.2, 0.25) is 0 Å². The molecule has 0 fully saturated rings. The Labute approximate surface area is 186 Å². The van der Waals surface area contributed by atoms with E-state index in [1.807, 2.05) is 0 Å². The van der Waals surface area contributed by atoms with Crippen LogP contribution in [0.3, 0.4) is 0 Å². The van der Waals surface area contributed by atoms with Crippen LogP contribution in [0.25, 0.3) is 11.3 Å². The zero-order valence-corrected chi connectivity index (χ0v) is 19.3. The maximum absolute atomic E-state index is 12.8. The number of benzene rings is 1. The van der Waals surface area contributed by atoms with Gasteiger partial charge in [-0.1, -0.05) is 27.2 Å². The first-order chi connectivity index (χ1) is 11.4. The van der Waals surface area contributed by atoms with E-state index in [1.54, 1.807) is 25.3 Å². The van der Waals surface area contributed by atoms with Gasteiger partial charge in [-0.2, -0.15) is 12.1 Å². The SMILES string of the molecule is COCCOc1ccc(-c2[c-]cc(Br)c(=O)n2CC(F)F)c(Br)c1.[Y]. The van der Waals surface area contributed by atoms with Gasteiger partial charge in [-0.3, -0.25) is 4.79 Å². The average Bonchev–Trinajstić information content (AvgIpc) is 2.53. The topological polar surface area (TPSA) is 40.5 Å². The monoisotopic (exact) mass is 553 g/mol. The number of hydrogen-bond donors (Lipinski definition) is 0. The molecule has 1 heterocycles. The molecule has 133 valence electrons. The molecule has 0 amide bonds. The molecule has 0 aliphatic carbocycles. The van der Waals surface area contributed by atoms with Gasteiger partial charge in [0, 0.05) is 39.8 Å². The van der Waals surface area contributed by atoms with E-state index in [9.17, 15) is 13.6 Å². The maximum atomic E-state index is 12.8. The Morgan fingerprint density at radius 1 is 1.24 bits per heavy atom. The van der Waals surface area contributed by atoms with Crippen LogP contribution in [0.4, 0.5) is 8.78 Å². The van der Waals surface area contributed by atoms with Gasteiger partial charge >= 0.3 is 0 Å². The van der Waals surface area contributed by atoms with Gasteiger partial charge in [0.25, 0.3) is 6.43 Å². The van der Waals surface area contributed by atoms with Gasteiger partial charge in [0.1, 0.15) is 12.4 Å². The fourth-order valence-corrected chi connectivity index (χ4v) is 2.93. The Hall–Kier alpha value is -0.146. The van der Waals surface area contributed by atoms with E-state index in [0.29, 0.717) is 29.0 Å². The summed E-state index contributed by atoms with van der Waals surface area (Å²) >= 11 is 6.45. The summed E-state index contributed by atoms with van der Waals surface area (Å²) in [7, 11) is 1.58. The van der Waals surface area contributed by atoms with E-state index >= 15 is 0 Å². The van der Waals surface area contributed by atoms with Crippen molar-refractivity contribution in [3.8, 4) is 17.0 Å². The Kier molecular flexibility index (Phi) is 9.96. The zero-order valence-electron chi connectivity index (χ0n) is 13.3. The third-order valence-corrected chi connectivity index (χ3v) is 4.35. The van der Waals surface area contributed by atoms with Crippen molar-refractivity contribution in [1.29, 1.82) is 0 Å².